The van der Waals surface area contributed by atoms with Crippen LogP contribution in [0.3, 0.4) is 0 Å². The minimum absolute atomic E-state index is 0.0218. The average Bonchev–Trinajstić information content (AvgIpc) is 3.25. The maximum Gasteiger partial charge on any atom is 0.271 e. The molecule has 3 heterocycles. The van der Waals surface area contributed by atoms with Crippen molar-refractivity contribution in [2.24, 2.45) is 11.8 Å². The number of non-ortho nitro benzene ring substituents is 1. The van der Waals surface area contributed by atoms with Gasteiger partial charge in [0, 0.05) is 12.1 Å². The summed E-state index contributed by atoms with van der Waals surface area (Å²) in [4.78, 5) is 37.2. The van der Waals surface area contributed by atoms with Gasteiger partial charge in [0.25, 0.3) is 5.69 Å². The maximum absolute atomic E-state index is 13.0. The topological polar surface area (TPSA) is 119 Å². The van der Waals surface area contributed by atoms with Gasteiger partial charge in [0.2, 0.25) is 11.8 Å². The van der Waals surface area contributed by atoms with Crippen molar-refractivity contribution in [3.8, 4) is 5.75 Å². The molecule has 25 heavy (non-hydrogen) atoms. The standard InChI is InChI=1S/C16H14N2O7/c1-24-10-3-2-8(18(22)23)6-9(10)17-14(20)12-11-4-5-16(7-19,25-11)13(12)15(17)21/h2-6,11-13,19H,7H2,1H3/t11-,12-,13-,16+/m1/s1. The zero-order valence-electron chi connectivity index (χ0n) is 13.1. The number of hydrogen-bond acceptors (Lipinski definition) is 7. The van der Waals surface area contributed by atoms with E-state index < -0.39 is 46.9 Å². The molecule has 0 unspecified atom stereocenters. The van der Waals surface area contributed by atoms with E-state index in [1.807, 2.05) is 0 Å². The number of amides is 2. The van der Waals surface area contributed by atoms with Crippen molar-refractivity contribution in [1.82, 2.24) is 0 Å². The van der Waals surface area contributed by atoms with E-state index >= 15 is 0 Å². The third-order valence-electron chi connectivity index (χ3n) is 5.02. The molecule has 0 aromatic heterocycles. The predicted octanol–water partition coefficient (Wildman–Crippen LogP) is 0.409. The highest BCUT2D eigenvalue weighted by Gasteiger charge is 2.67. The number of carbonyl (C=O) groups excluding carboxylic acids is 2. The number of ether oxygens (including phenoxy) is 2. The normalized spacial score (nSPS) is 32.4. The lowest BCUT2D eigenvalue weighted by Gasteiger charge is -2.26. The summed E-state index contributed by atoms with van der Waals surface area (Å²) >= 11 is 0. The quantitative estimate of drug-likeness (QED) is 0.363. The van der Waals surface area contributed by atoms with Gasteiger partial charge in [-0.3, -0.25) is 19.7 Å². The number of nitrogens with zero attached hydrogens (tertiary/aromatic N) is 2. The molecule has 2 fully saturated rings. The molecule has 1 aromatic rings. The number of anilines is 1. The summed E-state index contributed by atoms with van der Waals surface area (Å²) in [6.45, 7) is -0.430. The Bertz CT molecular complexity index is 836. The Morgan fingerprint density at radius 1 is 1.40 bits per heavy atom. The van der Waals surface area contributed by atoms with Crippen molar-refractivity contribution in [2.45, 2.75) is 11.7 Å². The Morgan fingerprint density at radius 2 is 2.16 bits per heavy atom. The molecule has 2 amide bonds. The number of nitro groups is 1. The van der Waals surface area contributed by atoms with E-state index in [0.29, 0.717) is 0 Å². The molecule has 1 aromatic carbocycles. The van der Waals surface area contributed by atoms with Crippen LogP contribution in [0.1, 0.15) is 0 Å². The Labute approximate surface area is 141 Å². The molecule has 9 nitrogen and oxygen atoms in total. The smallest absolute Gasteiger partial charge is 0.271 e. The van der Waals surface area contributed by atoms with E-state index in [9.17, 15) is 24.8 Å². The lowest BCUT2D eigenvalue weighted by molar-refractivity contribution is -0.384. The minimum Gasteiger partial charge on any atom is -0.495 e. The molecule has 130 valence electrons. The predicted molar refractivity (Wildman–Crippen MR) is 83.0 cm³/mol. The van der Waals surface area contributed by atoms with E-state index in [4.69, 9.17) is 9.47 Å². The van der Waals surface area contributed by atoms with Crippen LogP contribution in [0.25, 0.3) is 0 Å². The van der Waals surface area contributed by atoms with Crippen molar-refractivity contribution >= 4 is 23.2 Å². The number of carbonyl (C=O) groups is 2. The van der Waals surface area contributed by atoms with Gasteiger partial charge < -0.3 is 14.6 Å². The third kappa shape index (κ3) is 1.90. The lowest BCUT2D eigenvalue weighted by atomic mass is 9.77. The first kappa shape index (κ1) is 15.7. The summed E-state index contributed by atoms with van der Waals surface area (Å²) < 4.78 is 10.8. The van der Waals surface area contributed by atoms with E-state index in [2.05, 4.69) is 0 Å². The van der Waals surface area contributed by atoms with Gasteiger partial charge in [-0.15, -0.1) is 0 Å². The summed E-state index contributed by atoms with van der Waals surface area (Å²) in [5, 5.41) is 20.7. The zero-order chi connectivity index (χ0) is 17.9. The molecule has 2 bridgehead atoms. The fourth-order valence-corrected chi connectivity index (χ4v) is 3.89. The molecule has 2 saturated heterocycles. The molecule has 0 aliphatic carbocycles. The van der Waals surface area contributed by atoms with E-state index in [-0.39, 0.29) is 17.1 Å². The van der Waals surface area contributed by atoms with Crippen molar-refractivity contribution < 1.29 is 29.1 Å². The van der Waals surface area contributed by atoms with Gasteiger partial charge in [0.1, 0.15) is 17.0 Å². The molecule has 0 saturated carbocycles. The zero-order valence-corrected chi connectivity index (χ0v) is 13.1. The largest absolute Gasteiger partial charge is 0.495 e. The van der Waals surface area contributed by atoms with Gasteiger partial charge in [0.15, 0.2) is 0 Å². The molecule has 3 aliphatic heterocycles. The molecular weight excluding hydrogens is 332 g/mol. The number of fused-ring (bicyclic) bond motifs is 5. The number of nitro benzene ring substituents is 1. The van der Waals surface area contributed by atoms with Gasteiger partial charge in [-0.05, 0) is 6.07 Å². The SMILES string of the molecule is COc1ccc([N+](=O)[O-])cc1N1C(=O)[C@@H]2[C@H]3C=C[C@@](CO)(O3)[C@H]2C1=O. The molecule has 9 heteroatoms. The summed E-state index contributed by atoms with van der Waals surface area (Å²) in [7, 11) is 1.35. The summed E-state index contributed by atoms with van der Waals surface area (Å²) in [5.74, 6) is -2.52. The van der Waals surface area contributed by atoms with Gasteiger partial charge in [-0.25, -0.2) is 4.90 Å². The Morgan fingerprint density at radius 3 is 2.80 bits per heavy atom. The number of aliphatic hydroxyl groups excluding tert-OH is 1. The number of rotatable bonds is 4. The van der Waals surface area contributed by atoms with Crippen LogP contribution in [-0.4, -0.2) is 47.3 Å². The minimum atomic E-state index is -1.22. The van der Waals surface area contributed by atoms with E-state index in [1.165, 1.54) is 19.2 Å². The fourth-order valence-electron chi connectivity index (χ4n) is 3.89. The Balaban J connectivity index is 1.81. The monoisotopic (exact) mass is 346 g/mol. The maximum atomic E-state index is 13.0. The highest BCUT2D eigenvalue weighted by Crippen LogP contribution is 2.53. The van der Waals surface area contributed by atoms with Gasteiger partial charge >= 0.3 is 0 Å². The second-order valence-electron chi connectivity index (χ2n) is 6.18. The van der Waals surface area contributed by atoms with Gasteiger partial charge in [0.05, 0.1) is 36.6 Å². The van der Waals surface area contributed by atoms with Crippen molar-refractivity contribution in [3.05, 3.63) is 40.5 Å². The first-order valence-electron chi connectivity index (χ1n) is 7.62. The second-order valence-corrected chi connectivity index (χ2v) is 6.18. The molecule has 4 rings (SSSR count). The fraction of sp³-hybridized carbons (Fsp3) is 0.375. The van der Waals surface area contributed by atoms with Crippen LogP contribution in [-0.2, 0) is 14.3 Å². The van der Waals surface area contributed by atoms with Gasteiger partial charge in [-0.1, -0.05) is 12.2 Å². The van der Waals surface area contributed by atoms with Crippen LogP contribution in [0.2, 0.25) is 0 Å². The first-order chi connectivity index (χ1) is 11.9. The number of hydrogen-bond donors (Lipinski definition) is 1. The number of imide groups is 1. The first-order valence-corrected chi connectivity index (χ1v) is 7.62. The van der Waals surface area contributed by atoms with Crippen LogP contribution in [0, 0.1) is 22.0 Å². The molecule has 0 radical (unpaired) electrons. The van der Waals surface area contributed by atoms with Crippen molar-refractivity contribution in [2.75, 3.05) is 18.6 Å². The molecule has 1 N–H and O–H groups in total. The molecular formula is C16H14N2O7. The van der Waals surface area contributed by atoms with Crippen LogP contribution in [0.5, 0.6) is 5.75 Å². The lowest BCUT2D eigenvalue weighted by Crippen LogP contribution is -2.43. The Hall–Kier alpha value is -2.78. The van der Waals surface area contributed by atoms with Crippen LogP contribution in [0.4, 0.5) is 11.4 Å². The highest BCUT2D eigenvalue weighted by molar-refractivity contribution is 6.24. The summed E-state index contributed by atoms with van der Waals surface area (Å²) in [6, 6.07) is 3.71. The number of benzene rings is 1. The highest BCUT2D eigenvalue weighted by atomic mass is 16.6. The number of methoxy groups -OCH3 is 1. The summed E-state index contributed by atoms with van der Waals surface area (Å²) in [6.07, 6.45) is 2.68. The molecule has 0 spiro atoms. The number of aliphatic hydroxyl groups is 1. The molecule has 4 atom stereocenters. The average molecular weight is 346 g/mol. The third-order valence-corrected chi connectivity index (χ3v) is 5.02. The second kappa shape index (κ2) is 5.11. The van der Waals surface area contributed by atoms with E-state index in [1.54, 1.807) is 12.2 Å². The summed E-state index contributed by atoms with van der Waals surface area (Å²) in [5.41, 5.74) is -1.46. The van der Waals surface area contributed by atoms with E-state index in [0.717, 1.165) is 11.0 Å². The van der Waals surface area contributed by atoms with Crippen molar-refractivity contribution in [3.63, 3.8) is 0 Å². The molecule has 3 aliphatic rings. The van der Waals surface area contributed by atoms with Crippen LogP contribution in [0.15, 0.2) is 30.4 Å². The van der Waals surface area contributed by atoms with Crippen LogP contribution < -0.4 is 9.64 Å². The van der Waals surface area contributed by atoms with Crippen molar-refractivity contribution in [1.29, 1.82) is 0 Å². The Kier molecular flexibility index (Phi) is 3.21. The van der Waals surface area contributed by atoms with Gasteiger partial charge in [-0.2, -0.15) is 0 Å². The van der Waals surface area contributed by atoms with Crippen LogP contribution >= 0.6 is 0 Å².